The van der Waals surface area contributed by atoms with Crippen molar-refractivity contribution in [2.45, 2.75) is 43.1 Å². The molecular formula is C33H49N21O8. The average Bonchev–Trinajstić information content (AvgIpc) is 3.20. The molecule has 0 aliphatic heterocycles. The zero-order valence-corrected chi connectivity index (χ0v) is 32.5. The Labute approximate surface area is 351 Å². The van der Waals surface area contributed by atoms with Gasteiger partial charge in [-0.2, -0.15) is 0 Å². The Morgan fingerprint density at radius 2 is 0.887 bits per heavy atom. The number of carbonyl (C=O) groups is 7. The minimum absolute atomic E-state index is 0.0452. The van der Waals surface area contributed by atoms with Gasteiger partial charge in [-0.15, -0.1) is 0 Å². The first kappa shape index (κ1) is 49.6. The highest BCUT2D eigenvalue weighted by Gasteiger charge is 2.34. The lowest BCUT2D eigenvalue weighted by molar-refractivity contribution is -0.136. The smallest absolute Gasteiger partial charge is 0.267 e. The summed E-state index contributed by atoms with van der Waals surface area (Å²) in [4.78, 5) is 106. The summed E-state index contributed by atoms with van der Waals surface area (Å²) in [5, 5.41) is 25.7. The van der Waals surface area contributed by atoms with Crippen molar-refractivity contribution in [1.82, 2.24) is 37.2 Å². The molecule has 28 N–H and O–H groups in total. The van der Waals surface area contributed by atoms with Crippen LogP contribution in [0.3, 0.4) is 0 Å². The lowest BCUT2D eigenvalue weighted by atomic mass is 10.1. The molecule has 29 heteroatoms. The van der Waals surface area contributed by atoms with Crippen molar-refractivity contribution in [3.8, 4) is 0 Å². The summed E-state index contributed by atoms with van der Waals surface area (Å²) in [6.07, 6.45) is -8.59. The van der Waals surface area contributed by atoms with Gasteiger partial charge >= 0.3 is 0 Å². The van der Waals surface area contributed by atoms with E-state index in [1.165, 1.54) is 24.3 Å². The number of nitrogens with one attached hydrogen (secondary N) is 7. The first-order valence-electron chi connectivity index (χ1n) is 17.6. The number of carbonyl (C=O) groups excluding carboxylic acids is 7. The second kappa shape index (κ2) is 24.4. The number of nitrogens with zero attached hydrogens (tertiary/aromatic N) is 4. The molecule has 62 heavy (non-hydrogen) atoms. The molecule has 0 heterocycles. The van der Waals surface area contributed by atoms with E-state index in [4.69, 9.17) is 57.3 Å². The maximum Gasteiger partial charge on any atom is 0.267 e. The van der Waals surface area contributed by atoms with Crippen molar-refractivity contribution in [3.63, 3.8) is 0 Å². The first-order chi connectivity index (χ1) is 29.2. The van der Waals surface area contributed by atoms with Gasteiger partial charge in [-0.25, -0.2) is 20.0 Å². The van der Waals surface area contributed by atoms with E-state index >= 15 is 0 Å². The highest BCUT2D eigenvalue weighted by atomic mass is 16.3. The van der Waals surface area contributed by atoms with E-state index in [-0.39, 0.29) is 12.1 Å². The van der Waals surface area contributed by atoms with Crippen LogP contribution in [0.25, 0.3) is 6.08 Å². The molecule has 0 saturated carbocycles. The van der Waals surface area contributed by atoms with Crippen molar-refractivity contribution in [2.75, 3.05) is 6.54 Å². The van der Waals surface area contributed by atoms with E-state index in [1.54, 1.807) is 18.2 Å². The summed E-state index contributed by atoms with van der Waals surface area (Å²) in [5.74, 6) is -11.9. The number of hydrogen-bond donors (Lipinski definition) is 18. The third-order valence-electron chi connectivity index (χ3n) is 7.30. The molecule has 29 nitrogen and oxygen atoms in total. The summed E-state index contributed by atoms with van der Waals surface area (Å²) < 4.78 is 0. The van der Waals surface area contributed by atoms with Gasteiger partial charge in [0.05, 0.1) is 0 Å². The van der Waals surface area contributed by atoms with E-state index in [0.29, 0.717) is 0 Å². The van der Waals surface area contributed by atoms with Gasteiger partial charge in [0.15, 0.2) is 36.2 Å². The number of nitrogens with two attached hydrogens (primary N) is 10. The Balaban J connectivity index is 2.34. The second-order valence-electron chi connectivity index (χ2n) is 12.2. The van der Waals surface area contributed by atoms with Crippen molar-refractivity contribution in [2.24, 2.45) is 77.3 Å². The summed E-state index contributed by atoms with van der Waals surface area (Å²) in [6.45, 7) is 0.0452. The lowest BCUT2D eigenvalue weighted by Crippen LogP contribution is -2.60. The van der Waals surface area contributed by atoms with Crippen LogP contribution in [0.5, 0.6) is 0 Å². The van der Waals surface area contributed by atoms with Crippen molar-refractivity contribution in [3.05, 3.63) is 77.9 Å². The van der Waals surface area contributed by atoms with E-state index in [2.05, 4.69) is 41.2 Å². The predicted octanol–water partition coefficient (Wildman–Crippen LogP) is -9.79. The number of aliphatic hydroxyl groups excluding tert-OH is 1. The average molecular weight is 868 g/mol. The van der Waals surface area contributed by atoms with Gasteiger partial charge in [0.1, 0.15) is 6.04 Å². The van der Waals surface area contributed by atoms with E-state index in [0.717, 1.165) is 5.56 Å². The van der Waals surface area contributed by atoms with E-state index in [1.807, 2.05) is 46.3 Å². The highest BCUT2D eigenvalue weighted by Crippen LogP contribution is 2.14. The summed E-state index contributed by atoms with van der Waals surface area (Å²) in [7, 11) is 0. The highest BCUT2D eigenvalue weighted by molar-refractivity contribution is 5.99. The summed E-state index contributed by atoms with van der Waals surface area (Å²) in [5.41, 5.74) is 55.0. The van der Waals surface area contributed by atoms with Crippen molar-refractivity contribution in [1.29, 1.82) is 0 Å². The number of primary amides is 1. The first-order valence-corrected chi connectivity index (χ1v) is 17.6. The van der Waals surface area contributed by atoms with Gasteiger partial charge in [0, 0.05) is 6.54 Å². The molecule has 0 saturated heterocycles. The molecule has 0 aliphatic rings. The van der Waals surface area contributed by atoms with Crippen molar-refractivity contribution < 1.29 is 38.7 Å². The number of guanidine groups is 4. The number of hydrogen-bond acceptors (Lipinski definition) is 14. The molecule has 7 unspecified atom stereocenters. The SMILES string of the molecule is NC(=O)C(N)NC(=O)C(N=C(N)N)NC(=O)C(N=C(N)N)NC(=O)C(N=C(N)N)NC(=O)C(N=C(N)N)NC(=O)C(NC(=O)C(O)NC/C=C\c1ccccc1)c1ccccc1. The number of amides is 7. The molecule has 0 aliphatic carbocycles. The van der Waals surface area contributed by atoms with Crippen LogP contribution in [0.15, 0.2) is 86.7 Å². The number of aliphatic imine (C=N–C) groups is 4. The van der Waals surface area contributed by atoms with Gasteiger partial charge in [0.25, 0.3) is 35.4 Å². The zero-order valence-electron chi connectivity index (χ0n) is 32.5. The molecule has 2 rings (SSSR count). The Morgan fingerprint density at radius 1 is 0.516 bits per heavy atom. The number of rotatable bonds is 22. The maximum atomic E-state index is 13.7. The number of benzene rings is 2. The standard InChI is InChI=1S/C33H49N21O8/c34-17(18(35)55)46-24(57)19(51-30(36)37)48-26(59)21(53-32(40)41)50-27(60)22(54-33(42)43)49-25(58)20(52-31(38)39)47-23(56)16(15-11-5-2-6-12-15)45-29(62)28(61)44-13-7-10-14-8-3-1-4-9-14/h1-12,16-17,19-22,28,44,61H,13,34H2,(H2,35,55)(H,45,62)(H,46,57)(H,47,56)(H,48,59)(H,49,58)(H,50,60)(H4,36,37,51)(H4,38,39,52)(H4,40,41,53)(H4,42,43,54)/b10-7-. The van der Waals surface area contributed by atoms with Gasteiger partial charge in [0.2, 0.25) is 30.6 Å². The van der Waals surface area contributed by atoms with Gasteiger partial charge in [-0.05, 0) is 11.1 Å². The van der Waals surface area contributed by atoms with Crippen LogP contribution in [0.1, 0.15) is 17.2 Å². The fourth-order valence-corrected chi connectivity index (χ4v) is 4.58. The third kappa shape index (κ3) is 17.5. The minimum Gasteiger partial charge on any atom is -0.370 e. The van der Waals surface area contributed by atoms with Crippen molar-refractivity contribution >= 4 is 71.3 Å². The summed E-state index contributed by atoms with van der Waals surface area (Å²) in [6, 6.07) is 15.2. The molecule has 0 aromatic heterocycles. The van der Waals surface area contributed by atoms with Crippen LogP contribution in [-0.4, -0.2) is 114 Å². The predicted molar refractivity (Wildman–Crippen MR) is 223 cm³/mol. The molecule has 0 bridgehead atoms. The van der Waals surface area contributed by atoms with Crippen LogP contribution in [-0.2, 0) is 33.6 Å². The third-order valence-corrected chi connectivity index (χ3v) is 7.30. The van der Waals surface area contributed by atoms with Gasteiger partial charge in [-0.1, -0.05) is 72.8 Å². The topological polar surface area (TPSA) is 534 Å². The molecule has 0 spiro atoms. The van der Waals surface area contributed by atoms with Gasteiger partial charge < -0.3 is 94.3 Å². The van der Waals surface area contributed by atoms with Gasteiger partial charge in [-0.3, -0.25) is 38.9 Å². The van der Waals surface area contributed by atoms with Crippen LogP contribution in [0.2, 0.25) is 0 Å². The fraction of sp³-hybridized carbons (Fsp3) is 0.242. The minimum atomic E-state index is -2.17. The number of aliphatic hydroxyl groups is 1. The largest absolute Gasteiger partial charge is 0.370 e. The molecule has 7 atom stereocenters. The quantitative estimate of drug-likeness (QED) is 0.0297. The van der Waals surface area contributed by atoms with Crippen LogP contribution in [0.4, 0.5) is 0 Å². The molecule has 2 aromatic rings. The monoisotopic (exact) mass is 867 g/mol. The van der Waals surface area contributed by atoms with E-state index < -0.39 is 108 Å². The molecule has 2 aromatic carbocycles. The normalized spacial score (nSPS) is 14.0. The van der Waals surface area contributed by atoms with E-state index in [9.17, 15) is 38.7 Å². The Hall–Kier alpha value is -8.57. The van der Waals surface area contributed by atoms with Crippen LogP contribution < -0.4 is 94.6 Å². The Bertz CT molecular complexity index is 2050. The second-order valence-corrected chi connectivity index (χ2v) is 12.2. The van der Waals surface area contributed by atoms with Crippen LogP contribution >= 0.6 is 0 Å². The molecule has 7 amide bonds. The molecular weight excluding hydrogens is 819 g/mol. The van der Waals surface area contributed by atoms with Crippen LogP contribution in [0, 0.1) is 0 Å². The Kier molecular flexibility index (Phi) is 19.5. The molecule has 0 fully saturated rings. The zero-order chi connectivity index (χ0) is 46.5. The lowest BCUT2D eigenvalue weighted by Gasteiger charge is -2.24. The fourth-order valence-electron chi connectivity index (χ4n) is 4.58. The Morgan fingerprint density at radius 3 is 1.27 bits per heavy atom. The molecule has 0 radical (unpaired) electrons. The molecule has 334 valence electrons. The maximum absolute atomic E-state index is 13.7. The summed E-state index contributed by atoms with van der Waals surface area (Å²) >= 11 is 0.